The third-order valence-corrected chi connectivity index (χ3v) is 4.34. The third kappa shape index (κ3) is 3.15. The van der Waals surface area contributed by atoms with Gasteiger partial charge in [0.05, 0.1) is 0 Å². The van der Waals surface area contributed by atoms with Crippen LogP contribution in [0.4, 0.5) is 5.69 Å². The molecule has 0 aliphatic carbocycles. The lowest BCUT2D eigenvalue weighted by molar-refractivity contribution is 0.881. The Morgan fingerprint density at radius 2 is 1.78 bits per heavy atom. The van der Waals surface area contributed by atoms with E-state index in [1.807, 2.05) is 12.1 Å². The van der Waals surface area contributed by atoms with Gasteiger partial charge in [0.25, 0.3) is 0 Å². The quantitative estimate of drug-likeness (QED) is 0.733. The molecule has 2 aromatic rings. The summed E-state index contributed by atoms with van der Waals surface area (Å²) >= 11 is 7.06. The Kier molecular flexibility index (Phi) is 4.46. The van der Waals surface area contributed by atoms with E-state index in [0.29, 0.717) is 0 Å². The minimum absolute atomic E-state index is 0.274. The average Bonchev–Trinajstić information content (AvgIpc) is 2.35. The first-order valence-electron chi connectivity index (χ1n) is 5.85. The molecule has 0 heterocycles. The second-order valence-electron chi connectivity index (χ2n) is 4.33. The Morgan fingerprint density at radius 3 is 2.50 bits per heavy atom. The first kappa shape index (κ1) is 13.6. The van der Waals surface area contributed by atoms with E-state index in [4.69, 9.17) is 0 Å². The Bertz CT molecular complexity index is 552. The Morgan fingerprint density at radius 1 is 1.06 bits per heavy atom. The maximum Gasteiger partial charge on any atom is 0.0486 e. The van der Waals surface area contributed by atoms with Crippen LogP contribution in [0.5, 0.6) is 0 Å². The normalized spacial score (nSPS) is 12.2. The van der Waals surface area contributed by atoms with Crippen molar-refractivity contribution >= 4 is 37.5 Å². The van der Waals surface area contributed by atoms with Crippen LogP contribution < -0.4 is 5.32 Å². The number of benzene rings is 2. The van der Waals surface area contributed by atoms with Crippen LogP contribution in [0.15, 0.2) is 51.4 Å². The SMILES string of the molecule is Cc1c(Br)cccc1NC(C)c1cccc(Br)c1. The van der Waals surface area contributed by atoms with Crippen LogP contribution in [0.1, 0.15) is 24.1 Å². The molecule has 2 rings (SSSR count). The van der Waals surface area contributed by atoms with Crippen LogP contribution in [-0.4, -0.2) is 0 Å². The van der Waals surface area contributed by atoms with Gasteiger partial charge in [-0.3, -0.25) is 0 Å². The molecule has 1 nitrogen and oxygen atoms in total. The fourth-order valence-corrected chi connectivity index (χ4v) is 2.64. The molecule has 18 heavy (non-hydrogen) atoms. The zero-order valence-corrected chi connectivity index (χ0v) is 13.5. The zero-order valence-electron chi connectivity index (χ0n) is 10.4. The fourth-order valence-electron chi connectivity index (χ4n) is 1.86. The lowest BCUT2D eigenvalue weighted by Crippen LogP contribution is -2.07. The molecular weight excluding hydrogens is 354 g/mol. The van der Waals surface area contributed by atoms with E-state index in [9.17, 15) is 0 Å². The van der Waals surface area contributed by atoms with Gasteiger partial charge in [0, 0.05) is 20.7 Å². The molecule has 0 saturated carbocycles. The van der Waals surface area contributed by atoms with E-state index in [-0.39, 0.29) is 6.04 Å². The minimum atomic E-state index is 0.274. The van der Waals surface area contributed by atoms with Crippen molar-refractivity contribution in [3.05, 3.63) is 62.5 Å². The summed E-state index contributed by atoms with van der Waals surface area (Å²) in [5, 5.41) is 3.54. The molecule has 1 unspecified atom stereocenters. The monoisotopic (exact) mass is 367 g/mol. The first-order chi connectivity index (χ1) is 8.58. The summed E-state index contributed by atoms with van der Waals surface area (Å²) in [6, 6.07) is 14.9. The van der Waals surface area contributed by atoms with Gasteiger partial charge in [0.15, 0.2) is 0 Å². The van der Waals surface area contributed by atoms with E-state index in [1.165, 1.54) is 11.1 Å². The van der Waals surface area contributed by atoms with E-state index >= 15 is 0 Å². The van der Waals surface area contributed by atoms with Crippen molar-refractivity contribution in [2.75, 3.05) is 5.32 Å². The van der Waals surface area contributed by atoms with Gasteiger partial charge >= 0.3 is 0 Å². The lowest BCUT2D eigenvalue weighted by atomic mass is 10.1. The molecule has 2 aromatic carbocycles. The topological polar surface area (TPSA) is 12.0 Å². The van der Waals surface area contributed by atoms with Gasteiger partial charge in [-0.15, -0.1) is 0 Å². The maximum atomic E-state index is 3.56. The van der Waals surface area contributed by atoms with E-state index in [1.54, 1.807) is 0 Å². The largest absolute Gasteiger partial charge is 0.378 e. The van der Waals surface area contributed by atoms with Gasteiger partial charge < -0.3 is 5.32 Å². The summed E-state index contributed by atoms with van der Waals surface area (Å²) in [5.74, 6) is 0. The molecule has 1 N–H and O–H groups in total. The Labute approximate surface area is 125 Å². The molecule has 3 heteroatoms. The smallest absolute Gasteiger partial charge is 0.0486 e. The summed E-state index contributed by atoms with van der Waals surface area (Å²) in [4.78, 5) is 0. The minimum Gasteiger partial charge on any atom is -0.378 e. The maximum absolute atomic E-state index is 3.56. The molecule has 0 aliphatic rings. The number of anilines is 1. The second-order valence-corrected chi connectivity index (χ2v) is 6.10. The van der Waals surface area contributed by atoms with Gasteiger partial charge in [0.2, 0.25) is 0 Å². The van der Waals surface area contributed by atoms with Crippen molar-refractivity contribution in [2.24, 2.45) is 0 Å². The van der Waals surface area contributed by atoms with Crippen molar-refractivity contribution in [2.45, 2.75) is 19.9 Å². The van der Waals surface area contributed by atoms with Crippen molar-refractivity contribution in [3.8, 4) is 0 Å². The van der Waals surface area contributed by atoms with Crippen LogP contribution in [0.3, 0.4) is 0 Å². The van der Waals surface area contributed by atoms with E-state index in [0.717, 1.165) is 14.6 Å². The molecule has 0 spiro atoms. The van der Waals surface area contributed by atoms with Crippen LogP contribution in [-0.2, 0) is 0 Å². The number of halogens is 2. The Balaban J connectivity index is 2.21. The first-order valence-corrected chi connectivity index (χ1v) is 7.43. The highest BCUT2D eigenvalue weighted by molar-refractivity contribution is 9.10. The number of nitrogens with one attached hydrogen (secondary N) is 1. The summed E-state index contributed by atoms with van der Waals surface area (Å²) in [6.45, 7) is 4.28. The molecule has 0 aliphatic heterocycles. The van der Waals surface area contributed by atoms with Crippen molar-refractivity contribution in [1.82, 2.24) is 0 Å². The molecule has 0 radical (unpaired) electrons. The van der Waals surface area contributed by atoms with Gasteiger partial charge in [-0.05, 0) is 49.2 Å². The molecule has 0 bridgehead atoms. The van der Waals surface area contributed by atoms with Crippen molar-refractivity contribution in [3.63, 3.8) is 0 Å². The molecule has 0 aromatic heterocycles. The van der Waals surface area contributed by atoms with Crippen LogP contribution in [0, 0.1) is 6.92 Å². The molecule has 0 fully saturated rings. The molecule has 1 atom stereocenters. The number of hydrogen-bond donors (Lipinski definition) is 1. The van der Waals surface area contributed by atoms with Crippen LogP contribution >= 0.6 is 31.9 Å². The second kappa shape index (κ2) is 5.89. The summed E-state index contributed by atoms with van der Waals surface area (Å²) in [7, 11) is 0. The average molecular weight is 369 g/mol. The highest BCUT2D eigenvalue weighted by Crippen LogP contribution is 2.27. The van der Waals surface area contributed by atoms with E-state index in [2.05, 4.69) is 81.4 Å². The number of hydrogen-bond acceptors (Lipinski definition) is 1. The van der Waals surface area contributed by atoms with Gasteiger partial charge in [-0.1, -0.05) is 50.1 Å². The number of rotatable bonds is 3. The zero-order chi connectivity index (χ0) is 13.1. The fraction of sp³-hybridized carbons (Fsp3) is 0.200. The molecule has 94 valence electrons. The van der Waals surface area contributed by atoms with Crippen molar-refractivity contribution in [1.29, 1.82) is 0 Å². The van der Waals surface area contributed by atoms with Gasteiger partial charge in [-0.25, -0.2) is 0 Å². The molecular formula is C15H15Br2N. The predicted octanol–water partition coefficient (Wildman–Crippen LogP) is 5.69. The van der Waals surface area contributed by atoms with E-state index < -0.39 is 0 Å². The van der Waals surface area contributed by atoms with Crippen molar-refractivity contribution < 1.29 is 0 Å². The van der Waals surface area contributed by atoms with Gasteiger partial charge in [0.1, 0.15) is 0 Å². The summed E-state index contributed by atoms with van der Waals surface area (Å²) in [6.07, 6.45) is 0. The summed E-state index contributed by atoms with van der Waals surface area (Å²) < 4.78 is 2.24. The third-order valence-electron chi connectivity index (χ3n) is 2.99. The highest BCUT2D eigenvalue weighted by Gasteiger charge is 2.08. The van der Waals surface area contributed by atoms with Crippen LogP contribution in [0.2, 0.25) is 0 Å². The standard InChI is InChI=1S/C15H15Br2N/c1-10-14(17)7-4-8-15(10)18-11(2)12-5-3-6-13(16)9-12/h3-9,11,18H,1-2H3. The molecule has 0 amide bonds. The molecule has 0 saturated heterocycles. The summed E-state index contributed by atoms with van der Waals surface area (Å²) in [5.41, 5.74) is 3.67. The predicted molar refractivity (Wildman–Crippen MR) is 85.1 cm³/mol. The Hall–Kier alpha value is -0.800. The van der Waals surface area contributed by atoms with Gasteiger partial charge in [-0.2, -0.15) is 0 Å². The lowest BCUT2D eigenvalue weighted by Gasteiger charge is -2.18. The highest BCUT2D eigenvalue weighted by atomic mass is 79.9. The van der Waals surface area contributed by atoms with Crippen LogP contribution in [0.25, 0.3) is 0 Å².